The van der Waals surface area contributed by atoms with E-state index in [1.807, 2.05) is 37.3 Å². The number of aromatic nitrogens is 1. The molecule has 2 unspecified atom stereocenters. The summed E-state index contributed by atoms with van der Waals surface area (Å²) in [5.41, 5.74) is 6.71. The van der Waals surface area contributed by atoms with Crippen LogP contribution in [0.2, 0.25) is 0 Å². The van der Waals surface area contributed by atoms with Gasteiger partial charge in [0, 0.05) is 11.6 Å². The second kappa shape index (κ2) is 8.37. The van der Waals surface area contributed by atoms with Crippen molar-refractivity contribution in [3.63, 3.8) is 0 Å². The molecule has 1 aliphatic carbocycles. The number of rotatable bonds is 3. The van der Waals surface area contributed by atoms with Gasteiger partial charge in [0.1, 0.15) is 18.1 Å². The Bertz CT molecular complexity index is 1260. The Kier molecular flexibility index (Phi) is 5.18. The molecule has 6 rings (SSSR count). The number of carbonyl (C=O) groups is 1. The molecule has 2 bridgehead atoms. The maximum absolute atomic E-state index is 14.5. The normalized spacial score (nSPS) is 21.0. The topological polar surface area (TPSA) is 51.7 Å². The van der Waals surface area contributed by atoms with Gasteiger partial charge in [-0.15, -0.1) is 0 Å². The molecule has 172 valence electrons. The third kappa shape index (κ3) is 3.49. The zero-order valence-electron chi connectivity index (χ0n) is 18.9. The van der Waals surface area contributed by atoms with Crippen LogP contribution in [0.1, 0.15) is 34.9 Å². The van der Waals surface area contributed by atoms with Crippen molar-refractivity contribution in [3.8, 4) is 11.1 Å². The van der Waals surface area contributed by atoms with E-state index < -0.39 is 0 Å². The van der Waals surface area contributed by atoms with E-state index in [4.69, 9.17) is 9.47 Å². The van der Waals surface area contributed by atoms with Crippen LogP contribution in [0, 0.1) is 12.7 Å². The van der Waals surface area contributed by atoms with E-state index in [9.17, 15) is 9.18 Å². The SMILES string of the molecule is Cc1ccc(F)c(C2=CC3COCC(C2)N3C(=O)OCC2c3ccccc3-c3ccccc32)n1. The Balaban J connectivity index is 1.23. The minimum Gasteiger partial charge on any atom is -0.448 e. The number of amides is 1. The number of halogens is 1. The summed E-state index contributed by atoms with van der Waals surface area (Å²) in [6.45, 7) is 2.87. The molecular weight excluding hydrogens is 431 g/mol. The number of ether oxygens (including phenoxy) is 2. The van der Waals surface area contributed by atoms with E-state index in [2.05, 4.69) is 29.2 Å². The van der Waals surface area contributed by atoms with Crippen LogP contribution in [0.3, 0.4) is 0 Å². The molecule has 34 heavy (non-hydrogen) atoms. The van der Waals surface area contributed by atoms with Gasteiger partial charge in [-0.05, 0) is 53.3 Å². The van der Waals surface area contributed by atoms with Gasteiger partial charge < -0.3 is 9.47 Å². The molecule has 5 nitrogen and oxygen atoms in total. The zero-order chi connectivity index (χ0) is 23.2. The van der Waals surface area contributed by atoms with Gasteiger partial charge in [-0.2, -0.15) is 0 Å². The fourth-order valence-corrected chi connectivity index (χ4v) is 5.49. The Morgan fingerprint density at radius 3 is 2.47 bits per heavy atom. The predicted molar refractivity (Wildman–Crippen MR) is 127 cm³/mol. The summed E-state index contributed by atoms with van der Waals surface area (Å²) < 4.78 is 26.1. The molecule has 1 amide bonds. The molecule has 0 spiro atoms. The third-order valence-corrected chi connectivity index (χ3v) is 7.03. The lowest BCUT2D eigenvalue weighted by atomic mass is 9.92. The lowest BCUT2D eigenvalue weighted by molar-refractivity contribution is -0.0332. The van der Waals surface area contributed by atoms with Gasteiger partial charge in [0.2, 0.25) is 0 Å². The lowest BCUT2D eigenvalue weighted by Crippen LogP contribution is -2.56. The number of aryl methyl sites for hydroxylation is 1. The van der Waals surface area contributed by atoms with Gasteiger partial charge in [-0.25, -0.2) is 9.18 Å². The van der Waals surface area contributed by atoms with Crippen LogP contribution in [0.4, 0.5) is 9.18 Å². The first-order valence-corrected chi connectivity index (χ1v) is 11.7. The second-order valence-electron chi connectivity index (χ2n) is 9.15. The standard InChI is InChI=1S/C28H25FN2O3/c1-17-10-11-26(29)27(30-17)18-12-19-14-33-15-20(13-18)31(19)28(32)34-16-25-23-8-4-2-6-21(23)22-7-3-5-9-24(22)25/h2-12,19-20,25H,13-16H2,1H3. The molecule has 3 aliphatic rings. The summed E-state index contributed by atoms with van der Waals surface area (Å²) in [4.78, 5) is 19.4. The van der Waals surface area contributed by atoms with Gasteiger partial charge >= 0.3 is 6.09 Å². The van der Waals surface area contributed by atoms with Crippen LogP contribution in [-0.2, 0) is 9.47 Å². The van der Waals surface area contributed by atoms with Gasteiger partial charge in [0.15, 0.2) is 0 Å². The fourth-order valence-electron chi connectivity index (χ4n) is 5.49. The van der Waals surface area contributed by atoms with Crippen LogP contribution in [0.15, 0.2) is 66.7 Å². The molecule has 3 heterocycles. The number of pyridine rings is 1. The van der Waals surface area contributed by atoms with Gasteiger partial charge in [-0.3, -0.25) is 9.88 Å². The lowest BCUT2D eigenvalue weighted by Gasteiger charge is -2.43. The maximum Gasteiger partial charge on any atom is 0.410 e. The fraction of sp³-hybridized carbons (Fsp3) is 0.286. The number of benzene rings is 2. The number of nitrogens with zero attached hydrogens (tertiary/aromatic N) is 2. The molecule has 2 aromatic carbocycles. The number of hydrogen-bond donors (Lipinski definition) is 0. The molecule has 1 fully saturated rings. The highest BCUT2D eigenvalue weighted by atomic mass is 19.1. The highest BCUT2D eigenvalue weighted by Crippen LogP contribution is 2.44. The summed E-state index contributed by atoms with van der Waals surface area (Å²) in [5, 5.41) is 0. The maximum atomic E-state index is 14.5. The van der Waals surface area contributed by atoms with Crippen LogP contribution in [0.5, 0.6) is 0 Å². The van der Waals surface area contributed by atoms with E-state index in [1.165, 1.54) is 28.3 Å². The number of hydrogen-bond acceptors (Lipinski definition) is 4. The highest BCUT2D eigenvalue weighted by Gasteiger charge is 2.40. The van der Waals surface area contributed by atoms with Crippen molar-refractivity contribution < 1.29 is 18.7 Å². The first-order valence-electron chi connectivity index (χ1n) is 11.7. The van der Waals surface area contributed by atoms with Crippen molar-refractivity contribution in [2.45, 2.75) is 31.3 Å². The zero-order valence-corrected chi connectivity index (χ0v) is 18.9. The smallest absolute Gasteiger partial charge is 0.410 e. The minimum atomic E-state index is -0.354. The molecule has 0 radical (unpaired) electrons. The quantitative estimate of drug-likeness (QED) is 0.534. The van der Waals surface area contributed by atoms with Crippen molar-refractivity contribution in [1.29, 1.82) is 0 Å². The summed E-state index contributed by atoms with van der Waals surface area (Å²) in [6, 6.07) is 19.2. The van der Waals surface area contributed by atoms with Crippen LogP contribution in [-0.4, -0.2) is 47.9 Å². The largest absolute Gasteiger partial charge is 0.448 e. The molecule has 6 heteroatoms. The molecule has 0 saturated carbocycles. The Hall–Kier alpha value is -3.51. The van der Waals surface area contributed by atoms with Crippen molar-refractivity contribution in [2.24, 2.45) is 0 Å². The summed E-state index contributed by atoms with van der Waals surface area (Å²) in [5.74, 6) is -0.334. The second-order valence-corrected chi connectivity index (χ2v) is 9.15. The number of morpholine rings is 1. The monoisotopic (exact) mass is 456 g/mol. The molecule has 1 aromatic heterocycles. The molecular formula is C28H25FN2O3. The molecule has 2 aliphatic heterocycles. The van der Waals surface area contributed by atoms with Crippen molar-refractivity contribution in [1.82, 2.24) is 9.88 Å². The van der Waals surface area contributed by atoms with Crippen LogP contribution in [0.25, 0.3) is 16.7 Å². The van der Waals surface area contributed by atoms with Crippen molar-refractivity contribution in [3.05, 3.63) is 95.1 Å². The first-order chi connectivity index (χ1) is 16.6. The third-order valence-electron chi connectivity index (χ3n) is 7.03. The average molecular weight is 457 g/mol. The molecule has 3 aromatic rings. The van der Waals surface area contributed by atoms with Gasteiger partial charge in [0.05, 0.1) is 25.3 Å². The summed E-state index contributed by atoms with van der Waals surface area (Å²) in [6.07, 6.45) is 2.03. The molecule has 1 saturated heterocycles. The Morgan fingerprint density at radius 1 is 1.06 bits per heavy atom. The van der Waals surface area contributed by atoms with Gasteiger partial charge in [0.25, 0.3) is 0 Å². The van der Waals surface area contributed by atoms with Crippen LogP contribution >= 0.6 is 0 Å². The van der Waals surface area contributed by atoms with Crippen LogP contribution < -0.4 is 0 Å². The Morgan fingerprint density at radius 2 is 1.76 bits per heavy atom. The summed E-state index contributed by atoms with van der Waals surface area (Å²) in [7, 11) is 0. The van der Waals surface area contributed by atoms with E-state index in [1.54, 1.807) is 11.0 Å². The van der Waals surface area contributed by atoms with Crippen molar-refractivity contribution >= 4 is 11.7 Å². The van der Waals surface area contributed by atoms with Crippen molar-refractivity contribution in [2.75, 3.05) is 19.8 Å². The van der Waals surface area contributed by atoms with E-state index >= 15 is 0 Å². The van der Waals surface area contributed by atoms with E-state index in [0.29, 0.717) is 25.3 Å². The molecule has 0 N–H and O–H groups in total. The van der Waals surface area contributed by atoms with E-state index in [0.717, 1.165) is 11.3 Å². The van der Waals surface area contributed by atoms with E-state index in [-0.39, 0.29) is 36.5 Å². The Labute approximate surface area is 197 Å². The highest BCUT2D eigenvalue weighted by molar-refractivity contribution is 5.79. The average Bonchev–Trinajstić information content (AvgIpc) is 3.17. The van der Waals surface area contributed by atoms with Gasteiger partial charge in [-0.1, -0.05) is 54.6 Å². The number of carbonyl (C=O) groups excluding carboxylic acids is 1. The molecule has 2 atom stereocenters. The number of fused-ring (bicyclic) bond motifs is 5. The predicted octanol–water partition coefficient (Wildman–Crippen LogP) is 5.33. The summed E-state index contributed by atoms with van der Waals surface area (Å²) >= 11 is 0. The first kappa shape index (κ1) is 21.1. The minimum absolute atomic E-state index is 0.00826.